The largest absolute Gasteiger partial charge is 0.481 e. The molecular formula is C10H5F5N2O2. The molecule has 1 aromatic rings. The van der Waals surface area contributed by atoms with Gasteiger partial charge in [0.1, 0.15) is 11.8 Å². The molecule has 0 atom stereocenters. The highest BCUT2D eigenvalue weighted by molar-refractivity contribution is 5.71. The Balaban J connectivity index is 3.62. The molecule has 4 nitrogen and oxygen atoms in total. The molecule has 0 aliphatic rings. The number of rotatable bonds is 3. The van der Waals surface area contributed by atoms with Crippen molar-refractivity contribution in [2.75, 3.05) is 0 Å². The fourth-order valence-electron chi connectivity index (χ4n) is 1.46. The van der Waals surface area contributed by atoms with E-state index in [9.17, 15) is 26.7 Å². The molecule has 19 heavy (non-hydrogen) atoms. The number of aliphatic carboxylic acids is 1. The molecule has 0 unspecified atom stereocenters. The summed E-state index contributed by atoms with van der Waals surface area (Å²) in [7, 11) is 0. The molecule has 0 aromatic carbocycles. The lowest BCUT2D eigenvalue weighted by Gasteiger charge is -2.15. The van der Waals surface area contributed by atoms with Crippen molar-refractivity contribution in [3.05, 3.63) is 28.6 Å². The number of hydrogen-bond acceptors (Lipinski definition) is 3. The summed E-state index contributed by atoms with van der Waals surface area (Å²) >= 11 is 0. The van der Waals surface area contributed by atoms with Gasteiger partial charge in [-0.15, -0.1) is 0 Å². The van der Waals surface area contributed by atoms with Gasteiger partial charge in [0.15, 0.2) is 0 Å². The van der Waals surface area contributed by atoms with Crippen LogP contribution in [0.15, 0.2) is 6.20 Å². The third kappa shape index (κ3) is 3.15. The molecule has 0 spiro atoms. The minimum Gasteiger partial charge on any atom is -0.481 e. The molecule has 0 bridgehead atoms. The summed E-state index contributed by atoms with van der Waals surface area (Å²) in [6.07, 6.45) is -9.16. The first-order chi connectivity index (χ1) is 8.68. The smallest absolute Gasteiger partial charge is 0.418 e. The number of pyridine rings is 1. The number of carbonyl (C=O) groups is 1. The molecule has 0 saturated carbocycles. The van der Waals surface area contributed by atoms with Crippen LogP contribution in [0, 0.1) is 11.3 Å². The summed E-state index contributed by atoms with van der Waals surface area (Å²) in [5.74, 6) is -1.60. The first-order valence-corrected chi connectivity index (χ1v) is 4.67. The fraction of sp³-hybridized carbons (Fsp3) is 0.300. The van der Waals surface area contributed by atoms with Crippen molar-refractivity contribution < 1.29 is 31.9 Å². The normalized spacial score (nSPS) is 11.4. The van der Waals surface area contributed by atoms with Gasteiger partial charge < -0.3 is 5.11 Å². The van der Waals surface area contributed by atoms with Crippen LogP contribution in [0.5, 0.6) is 0 Å². The molecular weight excluding hydrogens is 275 g/mol. The summed E-state index contributed by atoms with van der Waals surface area (Å²) in [6, 6.07) is 1.01. The minimum absolute atomic E-state index is 0.402. The van der Waals surface area contributed by atoms with E-state index in [1.54, 1.807) is 0 Å². The highest BCUT2D eigenvalue weighted by Gasteiger charge is 2.39. The molecule has 0 aliphatic heterocycles. The Labute approximate surface area is 103 Å². The first-order valence-electron chi connectivity index (χ1n) is 4.67. The highest BCUT2D eigenvalue weighted by atomic mass is 19.4. The fourth-order valence-corrected chi connectivity index (χ4v) is 1.46. The van der Waals surface area contributed by atoms with Crippen molar-refractivity contribution in [3.63, 3.8) is 0 Å². The average molecular weight is 280 g/mol. The van der Waals surface area contributed by atoms with Crippen molar-refractivity contribution in [2.45, 2.75) is 19.0 Å². The minimum atomic E-state index is -5.12. The molecule has 0 saturated heterocycles. The average Bonchev–Trinajstić information content (AvgIpc) is 2.25. The summed E-state index contributed by atoms with van der Waals surface area (Å²) in [6.45, 7) is 0. The zero-order chi connectivity index (χ0) is 14.8. The number of hydrogen-bond donors (Lipinski definition) is 1. The van der Waals surface area contributed by atoms with Crippen LogP contribution in [0.3, 0.4) is 0 Å². The second-order valence-electron chi connectivity index (χ2n) is 3.40. The zero-order valence-corrected chi connectivity index (χ0v) is 9.00. The first kappa shape index (κ1) is 14.8. The molecule has 1 N–H and O–H groups in total. The Morgan fingerprint density at radius 2 is 2.05 bits per heavy atom. The van der Waals surface area contributed by atoms with Crippen LogP contribution in [-0.4, -0.2) is 16.1 Å². The topological polar surface area (TPSA) is 74.0 Å². The van der Waals surface area contributed by atoms with E-state index in [4.69, 9.17) is 10.4 Å². The lowest BCUT2D eigenvalue weighted by atomic mass is 9.99. The zero-order valence-electron chi connectivity index (χ0n) is 9.00. The Bertz CT molecular complexity index is 548. The summed E-state index contributed by atoms with van der Waals surface area (Å²) in [5.41, 5.74) is -5.17. The lowest BCUT2D eigenvalue weighted by molar-refractivity contribution is -0.140. The Morgan fingerprint density at radius 1 is 1.47 bits per heavy atom. The Kier molecular flexibility index (Phi) is 4.04. The van der Waals surface area contributed by atoms with E-state index in [0.717, 1.165) is 6.07 Å². The number of nitriles is 1. The number of carboxylic acid groups (broad SMARTS) is 1. The predicted octanol–water partition coefficient (Wildman–Crippen LogP) is 2.54. The maximum atomic E-state index is 12.8. The van der Waals surface area contributed by atoms with Crippen molar-refractivity contribution in [2.24, 2.45) is 0 Å². The third-order valence-corrected chi connectivity index (χ3v) is 2.13. The van der Waals surface area contributed by atoms with Crippen molar-refractivity contribution in [1.82, 2.24) is 4.98 Å². The van der Waals surface area contributed by atoms with Gasteiger partial charge in [-0.05, 0) is 5.56 Å². The van der Waals surface area contributed by atoms with Crippen molar-refractivity contribution in [1.29, 1.82) is 5.26 Å². The van der Waals surface area contributed by atoms with E-state index < -0.39 is 47.4 Å². The van der Waals surface area contributed by atoms with Crippen LogP contribution in [0.2, 0.25) is 0 Å². The van der Waals surface area contributed by atoms with E-state index in [1.807, 2.05) is 0 Å². The van der Waals surface area contributed by atoms with E-state index in [2.05, 4.69) is 4.98 Å². The Hall–Kier alpha value is -2.24. The number of nitrogens with zero attached hydrogens (tertiary/aromatic N) is 2. The third-order valence-electron chi connectivity index (χ3n) is 2.13. The number of alkyl halides is 5. The second kappa shape index (κ2) is 5.17. The van der Waals surface area contributed by atoms with Gasteiger partial charge in [0.25, 0.3) is 6.43 Å². The maximum Gasteiger partial charge on any atom is 0.418 e. The van der Waals surface area contributed by atoms with Crippen LogP contribution < -0.4 is 0 Å². The predicted molar refractivity (Wildman–Crippen MR) is 50.3 cm³/mol. The quantitative estimate of drug-likeness (QED) is 0.863. The number of aromatic nitrogens is 1. The molecule has 0 radical (unpaired) electrons. The molecule has 0 aliphatic carbocycles. The van der Waals surface area contributed by atoms with E-state index in [-0.39, 0.29) is 0 Å². The van der Waals surface area contributed by atoms with Crippen LogP contribution in [0.4, 0.5) is 22.0 Å². The summed E-state index contributed by atoms with van der Waals surface area (Å²) < 4.78 is 63.3. The van der Waals surface area contributed by atoms with Gasteiger partial charge in [-0.1, -0.05) is 0 Å². The van der Waals surface area contributed by atoms with Gasteiger partial charge in [-0.2, -0.15) is 18.4 Å². The summed E-state index contributed by atoms with van der Waals surface area (Å²) in [5, 5.41) is 17.1. The van der Waals surface area contributed by atoms with E-state index in [0.29, 0.717) is 6.20 Å². The van der Waals surface area contributed by atoms with Gasteiger partial charge in [-0.3, -0.25) is 9.78 Å². The molecule has 9 heteroatoms. The van der Waals surface area contributed by atoms with Gasteiger partial charge in [0, 0.05) is 6.20 Å². The van der Waals surface area contributed by atoms with Crippen molar-refractivity contribution in [3.8, 4) is 6.07 Å². The monoisotopic (exact) mass is 280 g/mol. The number of halogens is 5. The SMILES string of the molecule is N#Cc1c(C(F)F)ncc(CC(=O)O)c1C(F)(F)F. The number of carboxylic acids is 1. The van der Waals surface area contributed by atoms with Crippen LogP contribution >= 0.6 is 0 Å². The highest BCUT2D eigenvalue weighted by Crippen LogP contribution is 2.37. The molecule has 102 valence electrons. The summed E-state index contributed by atoms with van der Waals surface area (Å²) in [4.78, 5) is 13.5. The van der Waals surface area contributed by atoms with E-state index >= 15 is 0 Å². The standard InChI is InChI=1S/C10H5F5N2O2/c11-9(12)8-5(2-16)7(10(13,14)15)4(3-17-8)1-6(18)19/h3,9H,1H2,(H,18,19). The maximum absolute atomic E-state index is 12.8. The Morgan fingerprint density at radius 3 is 2.42 bits per heavy atom. The van der Waals surface area contributed by atoms with Crippen LogP contribution in [-0.2, 0) is 17.4 Å². The molecule has 0 fully saturated rings. The van der Waals surface area contributed by atoms with Crippen LogP contribution in [0.1, 0.15) is 28.8 Å². The van der Waals surface area contributed by atoms with Gasteiger partial charge in [0.2, 0.25) is 0 Å². The molecule has 1 aromatic heterocycles. The molecule has 1 rings (SSSR count). The van der Waals surface area contributed by atoms with Crippen molar-refractivity contribution >= 4 is 5.97 Å². The molecule has 0 amide bonds. The molecule has 1 heterocycles. The lowest BCUT2D eigenvalue weighted by Crippen LogP contribution is -2.17. The van der Waals surface area contributed by atoms with Gasteiger partial charge in [-0.25, -0.2) is 8.78 Å². The van der Waals surface area contributed by atoms with Gasteiger partial charge >= 0.3 is 12.1 Å². The van der Waals surface area contributed by atoms with E-state index in [1.165, 1.54) is 0 Å². The second-order valence-corrected chi connectivity index (χ2v) is 3.40. The van der Waals surface area contributed by atoms with Crippen LogP contribution in [0.25, 0.3) is 0 Å². The van der Waals surface area contributed by atoms with Gasteiger partial charge in [0.05, 0.1) is 17.5 Å².